The van der Waals surface area contributed by atoms with Crippen molar-refractivity contribution in [1.29, 1.82) is 0 Å². The minimum atomic E-state index is -3.84. The molecule has 2 N–H and O–H groups in total. The summed E-state index contributed by atoms with van der Waals surface area (Å²) in [5.74, 6) is 0.482. The van der Waals surface area contributed by atoms with Crippen molar-refractivity contribution in [3.8, 4) is 5.75 Å². The first-order chi connectivity index (χ1) is 10.9. The van der Waals surface area contributed by atoms with Gasteiger partial charge in [0, 0.05) is 12.7 Å². The lowest BCUT2D eigenvalue weighted by Gasteiger charge is -2.26. The molecule has 0 saturated heterocycles. The van der Waals surface area contributed by atoms with Gasteiger partial charge in [-0.1, -0.05) is 19.1 Å². The van der Waals surface area contributed by atoms with E-state index in [9.17, 15) is 8.42 Å². The second-order valence-electron chi connectivity index (χ2n) is 5.15. The van der Waals surface area contributed by atoms with Crippen molar-refractivity contribution in [2.24, 2.45) is 0 Å². The highest BCUT2D eigenvalue weighted by Gasteiger charge is 2.29. The molecule has 0 saturated carbocycles. The molecule has 0 aliphatic carbocycles. The van der Waals surface area contributed by atoms with E-state index in [-0.39, 0.29) is 10.7 Å². The molecule has 2 aromatic rings. The maximum atomic E-state index is 13.1. The third kappa shape index (κ3) is 3.39. The quantitative estimate of drug-likeness (QED) is 0.877. The second-order valence-corrected chi connectivity index (χ2v) is 6.98. The van der Waals surface area contributed by atoms with E-state index >= 15 is 0 Å². The van der Waals surface area contributed by atoms with Gasteiger partial charge >= 0.3 is 0 Å². The predicted molar refractivity (Wildman–Crippen MR) is 91.2 cm³/mol. The number of anilines is 2. The third-order valence-electron chi connectivity index (χ3n) is 3.37. The van der Waals surface area contributed by atoms with Crippen LogP contribution in [0.1, 0.15) is 18.9 Å². The number of hydrogen-bond acceptors (Lipinski definition) is 5. The lowest BCUT2D eigenvalue weighted by molar-refractivity contribution is 0.415. The van der Waals surface area contributed by atoms with Crippen molar-refractivity contribution in [3.05, 3.63) is 42.1 Å². The monoisotopic (exact) mass is 335 g/mol. The van der Waals surface area contributed by atoms with E-state index in [2.05, 4.69) is 4.98 Å². The Balaban J connectivity index is 2.62. The summed E-state index contributed by atoms with van der Waals surface area (Å²) in [6.45, 7) is 4.00. The molecule has 1 aromatic carbocycles. The maximum absolute atomic E-state index is 13.1. The minimum absolute atomic E-state index is 0.00778. The number of hydrogen-bond donors (Lipinski definition) is 1. The first-order valence-electron chi connectivity index (χ1n) is 7.29. The molecule has 0 aliphatic heterocycles. The molecule has 1 aromatic heterocycles. The van der Waals surface area contributed by atoms with Crippen molar-refractivity contribution in [3.63, 3.8) is 0 Å². The fourth-order valence-electron chi connectivity index (χ4n) is 2.29. The number of sulfonamides is 1. The van der Waals surface area contributed by atoms with Gasteiger partial charge in [-0.2, -0.15) is 0 Å². The number of nitrogens with two attached hydrogens (primary N) is 1. The Kier molecular flexibility index (Phi) is 5.10. The Morgan fingerprint density at radius 1 is 1.30 bits per heavy atom. The van der Waals surface area contributed by atoms with Crippen LogP contribution in [0, 0.1) is 6.92 Å². The Labute approximate surface area is 137 Å². The largest absolute Gasteiger partial charge is 0.495 e. The van der Waals surface area contributed by atoms with Gasteiger partial charge < -0.3 is 10.5 Å². The third-order valence-corrected chi connectivity index (χ3v) is 5.21. The highest BCUT2D eigenvalue weighted by atomic mass is 32.2. The van der Waals surface area contributed by atoms with Gasteiger partial charge in [0.05, 0.1) is 12.8 Å². The minimum Gasteiger partial charge on any atom is -0.495 e. The number of nitrogen functional groups attached to an aromatic ring is 1. The summed E-state index contributed by atoms with van der Waals surface area (Å²) in [7, 11) is -2.32. The molecule has 0 radical (unpaired) electrons. The summed E-state index contributed by atoms with van der Waals surface area (Å²) in [4.78, 5) is 3.98. The first-order valence-corrected chi connectivity index (χ1v) is 8.73. The predicted octanol–water partition coefficient (Wildman–Crippen LogP) is 2.59. The van der Waals surface area contributed by atoms with Crippen LogP contribution >= 0.6 is 0 Å². The zero-order chi connectivity index (χ0) is 17.0. The van der Waals surface area contributed by atoms with Crippen LogP contribution in [0.5, 0.6) is 5.75 Å². The number of ether oxygens (including phenoxy) is 1. The van der Waals surface area contributed by atoms with Crippen LogP contribution in [0.4, 0.5) is 11.5 Å². The topological polar surface area (TPSA) is 85.5 Å². The molecule has 7 heteroatoms. The fraction of sp³-hybridized carbons (Fsp3) is 0.312. The molecule has 0 amide bonds. The number of benzene rings is 1. The molecule has 2 rings (SSSR count). The molecule has 0 bridgehead atoms. The lowest BCUT2D eigenvalue weighted by atomic mass is 10.3. The average Bonchev–Trinajstić information content (AvgIpc) is 2.54. The summed E-state index contributed by atoms with van der Waals surface area (Å²) in [6, 6.07) is 8.54. The number of methoxy groups -OCH3 is 1. The molecule has 0 spiro atoms. The normalized spacial score (nSPS) is 11.3. The van der Waals surface area contributed by atoms with Gasteiger partial charge in [0.2, 0.25) is 0 Å². The van der Waals surface area contributed by atoms with Gasteiger partial charge in [0.25, 0.3) is 10.0 Å². The summed E-state index contributed by atoms with van der Waals surface area (Å²) >= 11 is 0. The van der Waals surface area contributed by atoms with E-state index in [1.165, 1.54) is 17.5 Å². The van der Waals surface area contributed by atoms with Crippen LogP contribution in [0.15, 0.2) is 41.4 Å². The Morgan fingerprint density at radius 2 is 2.00 bits per heavy atom. The second kappa shape index (κ2) is 6.87. The molecular weight excluding hydrogens is 314 g/mol. The standard InChI is InChI=1S/C16H21N3O3S/c1-4-9-19(13-7-5-6-8-14(13)22-3)23(20,21)15-10-12(2)11-18-16(15)17/h5-8,10-11H,4,9H2,1-3H3,(H2,17,18). The van der Waals surface area contributed by atoms with Crippen molar-refractivity contribution in [2.75, 3.05) is 23.7 Å². The summed E-state index contributed by atoms with van der Waals surface area (Å²) in [6.07, 6.45) is 2.19. The van der Waals surface area contributed by atoms with Gasteiger partial charge in [0.1, 0.15) is 16.5 Å². The smallest absolute Gasteiger partial charge is 0.268 e. The summed E-state index contributed by atoms with van der Waals surface area (Å²) in [5.41, 5.74) is 7.02. The molecule has 0 fully saturated rings. The van der Waals surface area contributed by atoms with Gasteiger partial charge in [-0.3, -0.25) is 4.31 Å². The molecule has 124 valence electrons. The molecular formula is C16H21N3O3S. The van der Waals surface area contributed by atoms with Crippen molar-refractivity contribution >= 4 is 21.5 Å². The van der Waals surface area contributed by atoms with E-state index in [1.54, 1.807) is 37.4 Å². The number of nitrogens with zero attached hydrogens (tertiary/aromatic N) is 2. The van der Waals surface area contributed by atoms with Crippen LogP contribution in [0.2, 0.25) is 0 Å². The Hall–Kier alpha value is -2.28. The van der Waals surface area contributed by atoms with E-state index in [4.69, 9.17) is 10.5 Å². The van der Waals surface area contributed by atoms with Crippen LogP contribution in [-0.2, 0) is 10.0 Å². The average molecular weight is 335 g/mol. The van der Waals surface area contributed by atoms with Crippen LogP contribution in [-0.4, -0.2) is 27.1 Å². The number of aromatic nitrogens is 1. The number of pyridine rings is 1. The molecule has 6 nitrogen and oxygen atoms in total. The molecule has 0 unspecified atom stereocenters. The zero-order valence-electron chi connectivity index (χ0n) is 13.5. The highest BCUT2D eigenvalue weighted by Crippen LogP contribution is 2.33. The number of aryl methyl sites for hydroxylation is 1. The maximum Gasteiger partial charge on any atom is 0.268 e. The molecule has 0 aliphatic rings. The van der Waals surface area contributed by atoms with Crippen molar-refractivity contribution in [1.82, 2.24) is 4.98 Å². The van der Waals surface area contributed by atoms with E-state index in [1.807, 2.05) is 6.92 Å². The molecule has 23 heavy (non-hydrogen) atoms. The highest BCUT2D eigenvalue weighted by molar-refractivity contribution is 7.93. The number of rotatable bonds is 6. The summed E-state index contributed by atoms with van der Waals surface area (Å²) in [5, 5.41) is 0. The summed E-state index contributed by atoms with van der Waals surface area (Å²) < 4.78 is 32.9. The van der Waals surface area contributed by atoms with Crippen molar-refractivity contribution < 1.29 is 13.2 Å². The van der Waals surface area contributed by atoms with Crippen LogP contribution < -0.4 is 14.8 Å². The lowest BCUT2D eigenvalue weighted by Crippen LogP contribution is -2.32. The van der Waals surface area contributed by atoms with Crippen LogP contribution in [0.3, 0.4) is 0 Å². The molecule has 0 atom stereocenters. The van der Waals surface area contributed by atoms with Crippen LogP contribution in [0.25, 0.3) is 0 Å². The van der Waals surface area contributed by atoms with Gasteiger partial charge in [-0.05, 0) is 37.1 Å². The van der Waals surface area contributed by atoms with Gasteiger partial charge in [-0.15, -0.1) is 0 Å². The SMILES string of the molecule is CCCN(c1ccccc1OC)S(=O)(=O)c1cc(C)cnc1N. The van der Waals surface area contributed by atoms with E-state index < -0.39 is 10.0 Å². The van der Waals surface area contributed by atoms with E-state index in [0.29, 0.717) is 24.4 Å². The fourth-order valence-corrected chi connectivity index (χ4v) is 4.01. The van der Waals surface area contributed by atoms with E-state index in [0.717, 1.165) is 5.56 Å². The van der Waals surface area contributed by atoms with Gasteiger partial charge in [-0.25, -0.2) is 13.4 Å². The Bertz CT molecular complexity index is 791. The number of para-hydroxylation sites is 2. The first kappa shape index (κ1) is 17.1. The van der Waals surface area contributed by atoms with Crippen molar-refractivity contribution in [2.45, 2.75) is 25.2 Å². The zero-order valence-corrected chi connectivity index (χ0v) is 14.3. The Morgan fingerprint density at radius 3 is 2.65 bits per heavy atom. The van der Waals surface area contributed by atoms with Gasteiger partial charge in [0.15, 0.2) is 0 Å². The molecule has 1 heterocycles.